The van der Waals surface area contributed by atoms with E-state index in [0.717, 1.165) is 16.5 Å². The van der Waals surface area contributed by atoms with Gasteiger partial charge in [0, 0.05) is 28.5 Å². The number of hydrogen-bond donors (Lipinski definition) is 4. The van der Waals surface area contributed by atoms with Gasteiger partial charge < -0.3 is 25.4 Å². The number of benzene rings is 2. The van der Waals surface area contributed by atoms with E-state index < -0.39 is 0 Å². The maximum Gasteiger partial charge on any atom is 0.319 e. The number of para-hydroxylation sites is 1. The van der Waals surface area contributed by atoms with Crippen LogP contribution in [0.15, 0.2) is 77.5 Å². The summed E-state index contributed by atoms with van der Waals surface area (Å²) in [5.74, 6) is 0.570. The molecule has 2 aromatic heterocycles. The van der Waals surface area contributed by atoms with Crippen LogP contribution in [0.25, 0.3) is 10.9 Å². The fraction of sp³-hybridized carbons (Fsp3) is 0.0909. The van der Waals surface area contributed by atoms with Gasteiger partial charge in [-0.25, -0.2) is 4.79 Å². The Kier molecular flexibility index (Phi) is 5.29. The highest BCUT2D eigenvalue weighted by molar-refractivity contribution is 5.96. The first-order valence-electron chi connectivity index (χ1n) is 9.19. The van der Waals surface area contributed by atoms with Crippen LogP contribution in [-0.4, -0.2) is 16.9 Å². The number of carbonyl (C=O) groups is 2. The lowest BCUT2D eigenvalue weighted by molar-refractivity contribution is -0.115. The minimum Gasteiger partial charge on any atom is -0.467 e. The maximum atomic E-state index is 12.4. The summed E-state index contributed by atoms with van der Waals surface area (Å²) in [4.78, 5) is 27.5. The Morgan fingerprint density at radius 1 is 0.897 bits per heavy atom. The molecule has 0 spiro atoms. The minimum absolute atomic E-state index is 0.105. The number of hydrogen-bond acceptors (Lipinski definition) is 3. The van der Waals surface area contributed by atoms with Gasteiger partial charge in [-0.05, 0) is 48.0 Å². The molecule has 0 fully saturated rings. The molecule has 0 unspecified atom stereocenters. The van der Waals surface area contributed by atoms with Crippen LogP contribution in [0, 0.1) is 0 Å². The fourth-order valence-corrected chi connectivity index (χ4v) is 3.05. The monoisotopic (exact) mass is 388 g/mol. The Bertz CT molecular complexity index is 1110. The van der Waals surface area contributed by atoms with Crippen molar-refractivity contribution >= 4 is 34.2 Å². The normalized spacial score (nSPS) is 10.6. The molecule has 0 saturated heterocycles. The lowest BCUT2D eigenvalue weighted by atomic mass is 10.1. The number of fused-ring (bicyclic) bond motifs is 1. The number of amides is 3. The topological polar surface area (TPSA) is 99.2 Å². The van der Waals surface area contributed by atoms with E-state index in [1.807, 2.05) is 30.5 Å². The van der Waals surface area contributed by atoms with Crippen molar-refractivity contribution in [2.45, 2.75) is 13.0 Å². The first kappa shape index (κ1) is 18.4. The Morgan fingerprint density at radius 2 is 1.66 bits per heavy atom. The first-order valence-corrected chi connectivity index (χ1v) is 9.19. The van der Waals surface area contributed by atoms with Gasteiger partial charge in [0.05, 0.1) is 19.2 Å². The molecular weight excluding hydrogens is 368 g/mol. The third kappa shape index (κ3) is 4.65. The standard InChI is InChI=1S/C22H20N4O3/c27-21(12-15-13-23-20-6-2-1-5-19(15)20)25-16-7-9-17(10-8-16)26-22(28)24-14-18-4-3-11-29-18/h1-11,13,23H,12,14H2,(H,25,27)(H2,24,26,28). The molecule has 4 aromatic rings. The third-order valence-corrected chi connectivity index (χ3v) is 4.46. The molecule has 146 valence electrons. The first-order chi connectivity index (χ1) is 14.2. The van der Waals surface area contributed by atoms with E-state index in [-0.39, 0.29) is 18.4 Å². The van der Waals surface area contributed by atoms with Crippen molar-refractivity contribution in [1.29, 1.82) is 0 Å². The van der Waals surface area contributed by atoms with Crippen LogP contribution in [0.4, 0.5) is 16.2 Å². The zero-order chi connectivity index (χ0) is 20.1. The number of furan rings is 1. The van der Waals surface area contributed by atoms with Gasteiger partial charge in [0.25, 0.3) is 0 Å². The molecule has 2 aromatic carbocycles. The molecule has 0 bridgehead atoms. The number of carbonyl (C=O) groups excluding carboxylic acids is 2. The van der Waals surface area contributed by atoms with Crippen molar-refractivity contribution in [3.63, 3.8) is 0 Å². The molecule has 29 heavy (non-hydrogen) atoms. The summed E-state index contributed by atoms with van der Waals surface area (Å²) in [6.45, 7) is 0.306. The summed E-state index contributed by atoms with van der Waals surface area (Å²) >= 11 is 0. The summed E-state index contributed by atoms with van der Waals surface area (Å²) < 4.78 is 5.16. The second kappa shape index (κ2) is 8.35. The summed E-state index contributed by atoms with van der Waals surface area (Å²) in [5, 5.41) is 9.36. The van der Waals surface area contributed by atoms with Crippen LogP contribution < -0.4 is 16.0 Å². The van der Waals surface area contributed by atoms with E-state index in [4.69, 9.17) is 4.42 Å². The maximum absolute atomic E-state index is 12.4. The lowest BCUT2D eigenvalue weighted by Crippen LogP contribution is -2.27. The number of anilines is 2. The summed E-state index contributed by atoms with van der Waals surface area (Å²) in [6, 6.07) is 18.0. The van der Waals surface area contributed by atoms with E-state index in [0.29, 0.717) is 23.7 Å². The minimum atomic E-state index is -0.336. The largest absolute Gasteiger partial charge is 0.467 e. The molecule has 0 atom stereocenters. The van der Waals surface area contributed by atoms with Gasteiger partial charge in [-0.2, -0.15) is 0 Å². The van der Waals surface area contributed by atoms with E-state index in [2.05, 4.69) is 20.9 Å². The average Bonchev–Trinajstić information content (AvgIpc) is 3.38. The van der Waals surface area contributed by atoms with Crippen LogP contribution in [0.5, 0.6) is 0 Å². The molecule has 0 radical (unpaired) electrons. The van der Waals surface area contributed by atoms with Gasteiger partial charge in [0.1, 0.15) is 5.76 Å². The summed E-state index contributed by atoms with van der Waals surface area (Å²) in [7, 11) is 0. The number of urea groups is 1. The highest BCUT2D eigenvalue weighted by Gasteiger charge is 2.09. The van der Waals surface area contributed by atoms with Gasteiger partial charge in [-0.1, -0.05) is 18.2 Å². The van der Waals surface area contributed by atoms with Crippen LogP contribution in [0.3, 0.4) is 0 Å². The number of rotatable bonds is 6. The van der Waals surface area contributed by atoms with Gasteiger partial charge in [0.15, 0.2) is 0 Å². The van der Waals surface area contributed by atoms with Crippen molar-refractivity contribution < 1.29 is 14.0 Å². The highest BCUT2D eigenvalue weighted by Crippen LogP contribution is 2.19. The molecule has 4 rings (SSSR count). The molecule has 0 aliphatic carbocycles. The van der Waals surface area contributed by atoms with Crippen molar-refractivity contribution in [2.24, 2.45) is 0 Å². The SMILES string of the molecule is O=C(Cc1c[nH]c2ccccc12)Nc1ccc(NC(=O)NCc2ccco2)cc1. The van der Waals surface area contributed by atoms with E-state index in [1.165, 1.54) is 0 Å². The van der Waals surface area contributed by atoms with E-state index in [1.54, 1.807) is 42.7 Å². The van der Waals surface area contributed by atoms with Gasteiger partial charge >= 0.3 is 6.03 Å². The molecule has 0 aliphatic heterocycles. The molecule has 7 nitrogen and oxygen atoms in total. The molecule has 2 heterocycles. The van der Waals surface area contributed by atoms with Crippen molar-refractivity contribution in [3.05, 3.63) is 84.4 Å². The van der Waals surface area contributed by atoms with Crippen LogP contribution in [-0.2, 0) is 17.8 Å². The molecular formula is C22H20N4O3. The van der Waals surface area contributed by atoms with Crippen molar-refractivity contribution in [2.75, 3.05) is 10.6 Å². The summed E-state index contributed by atoms with van der Waals surface area (Å²) in [5.41, 5.74) is 3.24. The molecule has 3 amide bonds. The van der Waals surface area contributed by atoms with E-state index in [9.17, 15) is 9.59 Å². The fourth-order valence-electron chi connectivity index (χ4n) is 3.05. The Balaban J connectivity index is 1.29. The molecule has 7 heteroatoms. The highest BCUT2D eigenvalue weighted by atomic mass is 16.3. The Labute approximate surface area is 167 Å². The second-order valence-electron chi connectivity index (χ2n) is 6.55. The number of H-pyrrole nitrogens is 1. The average molecular weight is 388 g/mol. The van der Waals surface area contributed by atoms with Crippen LogP contribution >= 0.6 is 0 Å². The smallest absolute Gasteiger partial charge is 0.319 e. The zero-order valence-corrected chi connectivity index (χ0v) is 15.6. The molecule has 4 N–H and O–H groups in total. The Morgan fingerprint density at radius 3 is 2.41 bits per heavy atom. The number of nitrogens with one attached hydrogen (secondary N) is 4. The summed E-state index contributed by atoms with van der Waals surface area (Å²) in [6.07, 6.45) is 3.69. The second-order valence-corrected chi connectivity index (χ2v) is 6.55. The predicted octanol–water partition coefficient (Wildman–Crippen LogP) is 4.26. The van der Waals surface area contributed by atoms with Crippen molar-refractivity contribution in [3.8, 4) is 0 Å². The van der Waals surface area contributed by atoms with Crippen molar-refractivity contribution in [1.82, 2.24) is 10.3 Å². The predicted molar refractivity (Wildman–Crippen MR) is 112 cm³/mol. The van der Waals surface area contributed by atoms with Gasteiger partial charge in [-0.15, -0.1) is 0 Å². The van der Waals surface area contributed by atoms with E-state index >= 15 is 0 Å². The zero-order valence-electron chi connectivity index (χ0n) is 15.6. The number of aromatic nitrogens is 1. The van der Waals surface area contributed by atoms with Crippen LogP contribution in [0.1, 0.15) is 11.3 Å². The Hall–Kier alpha value is -4.00. The molecule has 0 aliphatic rings. The molecule has 0 saturated carbocycles. The number of aromatic amines is 1. The lowest BCUT2D eigenvalue weighted by Gasteiger charge is -2.08. The third-order valence-electron chi connectivity index (χ3n) is 4.46. The quantitative estimate of drug-likeness (QED) is 0.397. The van der Waals surface area contributed by atoms with Gasteiger partial charge in [-0.3, -0.25) is 4.79 Å². The van der Waals surface area contributed by atoms with Gasteiger partial charge in [0.2, 0.25) is 5.91 Å². The van der Waals surface area contributed by atoms with Crippen LogP contribution in [0.2, 0.25) is 0 Å².